The lowest BCUT2D eigenvalue weighted by atomic mass is 10.1. The first kappa shape index (κ1) is 15.4. The van der Waals surface area contributed by atoms with Gasteiger partial charge in [-0.05, 0) is 41.5 Å². The lowest BCUT2D eigenvalue weighted by molar-refractivity contribution is -0.179. The fourth-order valence-corrected chi connectivity index (χ4v) is 0.670. The van der Waals surface area contributed by atoms with Gasteiger partial charge in [-0.3, -0.25) is 5.41 Å². The van der Waals surface area contributed by atoms with Crippen LogP contribution in [0.3, 0.4) is 0 Å². The Morgan fingerprint density at radius 2 is 1.71 bits per heavy atom. The van der Waals surface area contributed by atoms with Crippen LogP contribution in [0.25, 0.3) is 0 Å². The molecule has 0 aromatic rings. The number of ether oxygens (including phenoxy) is 1. The minimum absolute atomic E-state index is 0.204. The number of nitrogens with zero attached hydrogens (tertiary/aromatic N) is 1. The summed E-state index contributed by atoms with van der Waals surface area (Å²) in [5, 5.41) is 10.7. The van der Waals surface area contributed by atoms with Gasteiger partial charge in [-0.1, -0.05) is 5.16 Å². The molecule has 0 fully saturated rings. The zero-order chi connectivity index (χ0) is 13.9. The Hall–Kier alpha value is -1.59. The summed E-state index contributed by atoms with van der Waals surface area (Å²) in [6, 6.07) is 0. The maximum absolute atomic E-state index is 11.8. The normalized spacial score (nSPS) is 13.2. The number of hydrogen-bond acceptors (Lipinski definition) is 5. The molecule has 0 aliphatic carbocycles. The maximum atomic E-state index is 11.8. The molecule has 17 heavy (non-hydrogen) atoms. The number of hydrogen-bond donors (Lipinski definition) is 2. The second-order valence-electron chi connectivity index (χ2n) is 5.19. The van der Waals surface area contributed by atoms with Crippen LogP contribution in [0.15, 0.2) is 5.16 Å². The zero-order valence-electron chi connectivity index (χ0n) is 11.2. The molecule has 0 unspecified atom stereocenters. The van der Waals surface area contributed by atoms with Gasteiger partial charge in [0.25, 0.3) is 0 Å². The molecule has 0 amide bonds. The third-order valence-corrected chi connectivity index (χ3v) is 1.69. The molecule has 0 radical (unpaired) electrons. The number of nitrogens with one attached hydrogen (secondary N) is 1. The largest absolute Gasteiger partial charge is 0.457 e. The molecule has 0 rings (SSSR count). The summed E-state index contributed by atoms with van der Waals surface area (Å²) in [6.45, 7) is 9.91. The van der Waals surface area contributed by atoms with Gasteiger partial charge in [-0.2, -0.15) is 0 Å². The molecule has 6 nitrogen and oxygen atoms in total. The predicted molar refractivity (Wildman–Crippen MR) is 66.0 cm³/mol. The minimum atomic E-state index is -1.22. The van der Waals surface area contributed by atoms with E-state index >= 15 is 0 Å². The number of esters is 1. The number of carbonyl (C=O) groups excluding carboxylic acids is 1. The highest BCUT2D eigenvalue weighted by atomic mass is 16.7. The van der Waals surface area contributed by atoms with Gasteiger partial charge in [0.2, 0.25) is 5.60 Å². The lowest BCUT2D eigenvalue weighted by Crippen LogP contribution is -2.40. The van der Waals surface area contributed by atoms with Gasteiger partial charge < -0.3 is 15.3 Å². The molecule has 98 valence electrons. The van der Waals surface area contributed by atoms with Crippen molar-refractivity contribution < 1.29 is 14.4 Å². The van der Waals surface area contributed by atoms with E-state index in [0.717, 1.165) is 0 Å². The Labute approximate surface area is 102 Å². The third-order valence-electron chi connectivity index (χ3n) is 1.69. The van der Waals surface area contributed by atoms with E-state index in [1.54, 1.807) is 20.8 Å². The van der Waals surface area contributed by atoms with E-state index in [9.17, 15) is 4.79 Å². The van der Waals surface area contributed by atoms with Crippen molar-refractivity contribution in [2.24, 2.45) is 10.9 Å². The number of oxime groups is 1. The molecule has 0 aliphatic rings. The molecule has 0 saturated heterocycles. The van der Waals surface area contributed by atoms with Gasteiger partial charge in [0.1, 0.15) is 17.1 Å². The summed E-state index contributed by atoms with van der Waals surface area (Å²) in [5.41, 5.74) is 3.60. The average Bonchev–Trinajstić information content (AvgIpc) is 2.11. The maximum Gasteiger partial charge on any atom is 0.353 e. The molecule has 0 aromatic heterocycles. The van der Waals surface area contributed by atoms with Crippen LogP contribution >= 0.6 is 0 Å². The Kier molecular flexibility index (Phi) is 4.68. The molecule has 0 atom stereocenters. The van der Waals surface area contributed by atoms with Gasteiger partial charge >= 0.3 is 5.97 Å². The molecule has 0 aromatic carbocycles. The average molecular weight is 243 g/mol. The van der Waals surface area contributed by atoms with E-state index in [0.29, 0.717) is 0 Å². The fourth-order valence-electron chi connectivity index (χ4n) is 0.670. The van der Waals surface area contributed by atoms with Crippen LogP contribution in [0.5, 0.6) is 0 Å². The zero-order valence-corrected chi connectivity index (χ0v) is 11.2. The number of carbonyl (C=O) groups is 1. The molecule has 0 spiro atoms. The van der Waals surface area contributed by atoms with Crippen LogP contribution in [-0.2, 0) is 14.4 Å². The molecular weight excluding hydrogens is 222 g/mol. The minimum Gasteiger partial charge on any atom is -0.457 e. The van der Waals surface area contributed by atoms with E-state index in [1.165, 1.54) is 20.8 Å². The Bertz CT molecular complexity index is 340. The van der Waals surface area contributed by atoms with E-state index in [2.05, 4.69) is 5.16 Å². The molecule has 0 aliphatic heterocycles. The van der Waals surface area contributed by atoms with E-state index in [4.69, 9.17) is 20.7 Å². The summed E-state index contributed by atoms with van der Waals surface area (Å²) in [4.78, 5) is 16.8. The number of rotatable bonds is 4. The predicted octanol–water partition coefficient (Wildman–Crippen LogP) is 1.44. The quantitative estimate of drug-likeness (QED) is 0.338. The van der Waals surface area contributed by atoms with Crippen LogP contribution in [0.2, 0.25) is 0 Å². The van der Waals surface area contributed by atoms with Gasteiger partial charge in [0.05, 0.1) is 0 Å². The van der Waals surface area contributed by atoms with Crippen molar-refractivity contribution in [3.63, 3.8) is 0 Å². The van der Waals surface area contributed by atoms with Crippen LogP contribution < -0.4 is 5.73 Å². The van der Waals surface area contributed by atoms with Crippen molar-refractivity contribution >= 4 is 17.5 Å². The van der Waals surface area contributed by atoms with Gasteiger partial charge in [0.15, 0.2) is 0 Å². The van der Waals surface area contributed by atoms with Crippen LogP contribution in [-0.4, -0.2) is 28.7 Å². The standard InChI is InChI=1S/C11H21N3O3/c1-7(8(12)13)14-17-11(5,6)9(15)16-10(2,3)4/h1-6H3,(H3,12,13)/b14-7+. The lowest BCUT2D eigenvalue weighted by Gasteiger charge is -2.26. The summed E-state index contributed by atoms with van der Waals surface area (Å²) in [6.07, 6.45) is 0. The van der Waals surface area contributed by atoms with E-state index in [1.807, 2.05) is 0 Å². The smallest absolute Gasteiger partial charge is 0.353 e. The van der Waals surface area contributed by atoms with Crippen LogP contribution in [0.4, 0.5) is 0 Å². The van der Waals surface area contributed by atoms with Crippen LogP contribution in [0, 0.1) is 5.41 Å². The van der Waals surface area contributed by atoms with Gasteiger partial charge in [-0.25, -0.2) is 4.79 Å². The van der Waals surface area contributed by atoms with Crippen LogP contribution in [0.1, 0.15) is 41.5 Å². The first-order valence-corrected chi connectivity index (χ1v) is 5.26. The van der Waals surface area contributed by atoms with Crippen molar-refractivity contribution in [3.8, 4) is 0 Å². The van der Waals surface area contributed by atoms with Gasteiger partial charge in [-0.15, -0.1) is 0 Å². The topological polar surface area (TPSA) is 97.8 Å². The third kappa shape index (κ3) is 5.89. The monoisotopic (exact) mass is 243 g/mol. The van der Waals surface area contributed by atoms with Crippen molar-refractivity contribution in [2.75, 3.05) is 0 Å². The summed E-state index contributed by atoms with van der Waals surface area (Å²) in [7, 11) is 0. The first-order valence-electron chi connectivity index (χ1n) is 5.26. The van der Waals surface area contributed by atoms with E-state index < -0.39 is 17.2 Å². The Morgan fingerprint density at radius 3 is 2.06 bits per heavy atom. The van der Waals surface area contributed by atoms with Crippen molar-refractivity contribution in [2.45, 2.75) is 52.7 Å². The summed E-state index contributed by atoms with van der Waals surface area (Å²) in [5.74, 6) is -0.727. The Balaban J connectivity index is 4.64. The van der Waals surface area contributed by atoms with E-state index in [-0.39, 0.29) is 11.5 Å². The van der Waals surface area contributed by atoms with Crippen molar-refractivity contribution in [1.82, 2.24) is 0 Å². The molecule has 6 heteroatoms. The molecule has 0 bridgehead atoms. The number of nitrogens with two attached hydrogens (primary N) is 1. The molecule has 0 saturated carbocycles. The first-order chi connectivity index (χ1) is 7.46. The SMILES string of the molecule is C/C(=N\OC(C)(C)C(=O)OC(C)(C)C)C(=N)N. The number of amidine groups is 1. The molecule has 3 N–H and O–H groups in total. The summed E-state index contributed by atoms with van der Waals surface area (Å²) < 4.78 is 5.18. The van der Waals surface area contributed by atoms with Crippen molar-refractivity contribution in [3.05, 3.63) is 0 Å². The van der Waals surface area contributed by atoms with Gasteiger partial charge in [0, 0.05) is 0 Å². The molecular formula is C11H21N3O3. The van der Waals surface area contributed by atoms with Crippen molar-refractivity contribution in [1.29, 1.82) is 5.41 Å². The second kappa shape index (κ2) is 5.16. The highest BCUT2D eigenvalue weighted by Gasteiger charge is 2.35. The second-order valence-corrected chi connectivity index (χ2v) is 5.19. The fraction of sp³-hybridized carbons (Fsp3) is 0.727. The Morgan fingerprint density at radius 1 is 1.24 bits per heavy atom. The summed E-state index contributed by atoms with van der Waals surface area (Å²) >= 11 is 0. The highest BCUT2D eigenvalue weighted by Crippen LogP contribution is 2.17. The highest BCUT2D eigenvalue weighted by molar-refractivity contribution is 6.38. The molecule has 0 heterocycles.